The summed E-state index contributed by atoms with van der Waals surface area (Å²) in [5, 5.41) is 1.24. The van der Waals surface area contributed by atoms with Gasteiger partial charge in [0.15, 0.2) is 0 Å². The van der Waals surface area contributed by atoms with E-state index in [0.29, 0.717) is 5.56 Å². The molecule has 0 aliphatic rings. The quantitative estimate of drug-likeness (QED) is 0.864. The van der Waals surface area contributed by atoms with Gasteiger partial charge in [0.2, 0.25) is 5.91 Å². The molecule has 0 radical (unpaired) electrons. The summed E-state index contributed by atoms with van der Waals surface area (Å²) in [4.78, 5) is 10.9. The fourth-order valence-corrected chi connectivity index (χ4v) is 1.43. The molecule has 0 heterocycles. The van der Waals surface area contributed by atoms with Crippen LogP contribution in [0.2, 0.25) is 5.02 Å². The van der Waals surface area contributed by atoms with Crippen molar-refractivity contribution < 1.29 is 18.0 Å². The van der Waals surface area contributed by atoms with Gasteiger partial charge in [-0.2, -0.15) is 13.2 Å². The second-order valence-corrected chi connectivity index (χ2v) is 4.12. The highest BCUT2D eigenvalue weighted by Gasteiger charge is 2.30. The second kappa shape index (κ2) is 5.58. The zero-order valence-corrected chi connectivity index (χ0v) is 10.6. The predicted octanol–water partition coefficient (Wildman–Crippen LogP) is 2.84. The lowest BCUT2D eigenvalue weighted by Gasteiger charge is -2.17. The van der Waals surface area contributed by atoms with Gasteiger partial charge < -0.3 is 0 Å². The number of carbonyl (C=O) groups is 1. The van der Waals surface area contributed by atoms with Crippen molar-refractivity contribution in [3.63, 3.8) is 0 Å². The van der Waals surface area contributed by atoms with E-state index in [9.17, 15) is 18.0 Å². The SMILES string of the molecule is CC(=O)N(C)NCc1ccc(C(F)(F)F)cc1Cl. The van der Waals surface area contributed by atoms with Crippen LogP contribution < -0.4 is 5.43 Å². The first-order chi connectivity index (χ1) is 8.21. The van der Waals surface area contributed by atoms with E-state index in [0.717, 1.165) is 12.1 Å². The molecule has 0 atom stereocenters. The highest BCUT2D eigenvalue weighted by Crippen LogP contribution is 2.31. The highest BCUT2D eigenvalue weighted by atomic mass is 35.5. The molecule has 1 aromatic carbocycles. The summed E-state index contributed by atoms with van der Waals surface area (Å²) >= 11 is 5.76. The van der Waals surface area contributed by atoms with Crippen molar-refractivity contribution >= 4 is 17.5 Å². The summed E-state index contributed by atoms with van der Waals surface area (Å²) in [6.45, 7) is 1.54. The summed E-state index contributed by atoms with van der Waals surface area (Å²) in [5.74, 6) is -0.210. The molecular weight excluding hydrogens is 269 g/mol. The molecule has 1 aromatic rings. The van der Waals surface area contributed by atoms with Crippen molar-refractivity contribution in [3.8, 4) is 0 Å². The van der Waals surface area contributed by atoms with E-state index in [1.165, 1.54) is 25.0 Å². The molecule has 0 bridgehead atoms. The van der Waals surface area contributed by atoms with Gasteiger partial charge in [-0.1, -0.05) is 17.7 Å². The Morgan fingerprint density at radius 1 is 1.44 bits per heavy atom. The number of hydrazine groups is 1. The maximum atomic E-state index is 12.4. The Morgan fingerprint density at radius 2 is 2.06 bits per heavy atom. The topological polar surface area (TPSA) is 32.3 Å². The lowest BCUT2D eigenvalue weighted by molar-refractivity contribution is -0.137. The molecule has 1 N–H and O–H groups in total. The highest BCUT2D eigenvalue weighted by molar-refractivity contribution is 6.31. The molecule has 0 aliphatic carbocycles. The standard InChI is InChI=1S/C11H12ClF3N2O/c1-7(18)17(2)16-6-8-3-4-9(5-10(8)12)11(13,14)15/h3-5,16H,6H2,1-2H3. The number of halogens is 4. The van der Waals surface area contributed by atoms with Gasteiger partial charge in [-0.3, -0.25) is 9.80 Å². The fourth-order valence-electron chi connectivity index (χ4n) is 1.18. The maximum absolute atomic E-state index is 12.4. The first-order valence-electron chi connectivity index (χ1n) is 5.05. The molecule has 3 nitrogen and oxygen atoms in total. The first kappa shape index (κ1) is 14.8. The van der Waals surface area contributed by atoms with Crippen LogP contribution in [0.4, 0.5) is 13.2 Å². The van der Waals surface area contributed by atoms with Crippen LogP contribution in [0.5, 0.6) is 0 Å². The monoisotopic (exact) mass is 280 g/mol. The van der Waals surface area contributed by atoms with Crippen molar-refractivity contribution in [2.75, 3.05) is 7.05 Å². The average Bonchev–Trinajstić information content (AvgIpc) is 2.25. The molecule has 1 amide bonds. The summed E-state index contributed by atoms with van der Waals surface area (Å²) in [6.07, 6.45) is -4.41. The second-order valence-electron chi connectivity index (χ2n) is 3.72. The number of nitrogens with zero attached hydrogens (tertiary/aromatic N) is 1. The summed E-state index contributed by atoms with van der Waals surface area (Å²) < 4.78 is 37.2. The van der Waals surface area contributed by atoms with Crippen LogP contribution in [-0.4, -0.2) is 18.0 Å². The van der Waals surface area contributed by atoms with E-state index >= 15 is 0 Å². The van der Waals surface area contributed by atoms with Gasteiger partial charge in [0.05, 0.1) is 5.56 Å². The number of hydrogen-bond donors (Lipinski definition) is 1. The Morgan fingerprint density at radius 3 is 2.50 bits per heavy atom. The minimum absolute atomic E-state index is 0.00859. The van der Waals surface area contributed by atoms with E-state index in [1.54, 1.807) is 0 Å². The predicted molar refractivity (Wildman–Crippen MR) is 61.7 cm³/mol. The van der Waals surface area contributed by atoms with Crippen LogP contribution in [0, 0.1) is 0 Å². The van der Waals surface area contributed by atoms with Crippen molar-refractivity contribution in [3.05, 3.63) is 34.3 Å². The molecule has 7 heteroatoms. The molecule has 0 aliphatic heterocycles. The molecule has 0 saturated carbocycles. The largest absolute Gasteiger partial charge is 0.416 e. The van der Waals surface area contributed by atoms with E-state index in [1.807, 2.05) is 0 Å². The Balaban J connectivity index is 2.78. The molecule has 0 unspecified atom stereocenters. The van der Waals surface area contributed by atoms with Crippen LogP contribution in [0.3, 0.4) is 0 Å². The summed E-state index contributed by atoms with van der Waals surface area (Å²) in [5.41, 5.74) is 2.40. The van der Waals surface area contributed by atoms with Crippen molar-refractivity contribution in [2.45, 2.75) is 19.6 Å². The minimum atomic E-state index is -4.41. The lowest BCUT2D eigenvalue weighted by atomic mass is 10.1. The lowest BCUT2D eigenvalue weighted by Crippen LogP contribution is -2.37. The molecule has 0 aromatic heterocycles. The molecule has 18 heavy (non-hydrogen) atoms. The number of carbonyl (C=O) groups excluding carboxylic acids is 1. The third kappa shape index (κ3) is 3.89. The van der Waals surface area contributed by atoms with Crippen molar-refractivity contribution in [1.82, 2.24) is 10.4 Å². The van der Waals surface area contributed by atoms with Gasteiger partial charge in [-0.05, 0) is 17.7 Å². The average molecular weight is 281 g/mol. The van der Waals surface area contributed by atoms with Gasteiger partial charge in [-0.15, -0.1) is 0 Å². The van der Waals surface area contributed by atoms with Crippen molar-refractivity contribution in [2.24, 2.45) is 0 Å². The van der Waals surface area contributed by atoms with E-state index in [4.69, 9.17) is 11.6 Å². The number of rotatable bonds is 3. The van der Waals surface area contributed by atoms with E-state index in [-0.39, 0.29) is 17.5 Å². The molecular formula is C11H12ClF3N2O. The number of alkyl halides is 3. The number of hydrogen-bond acceptors (Lipinski definition) is 2. The zero-order valence-electron chi connectivity index (χ0n) is 9.81. The molecule has 100 valence electrons. The third-order valence-corrected chi connectivity index (χ3v) is 2.71. The normalized spacial score (nSPS) is 11.4. The minimum Gasteiger partial charge on any atom is -0.281 e. The number of nitrogens with one attached hydrogen (secondary N) is 1. The van der Waals surface area contributed by atoms with Crippen LogP contribution in [0.1, 0.15) is 18.1 Å². The molecule has 1 rings (SSSR count). The fraction of sp³-hybridized carbons (Fsp3) is 0.364. The Labute approximate surface area is 107 Å². The van der Waals surface area contributed by atoms with Gasteiger partial charge in [0.1, 0.15) is 0 Å². The van der Waals surface area contributed by atoms with Crippen LogP contribution in [-0.2, 0) is 17.5 Å². The van der Waals surface area contributed by atoms with Crippen LogP contribution >= 0.6 is 11.6 Å². The third-order valence-electron chi connectivity index (χ3n) is 2.36. The van der Waals surface area contributed by atoms with Crippen LogP contribution in [0.15, 0.2) is 18.2 Å². The summed E-state index contributed by atoms with van der Waals surface area (Å²) in [6, 6.07) is 3.11. The van der Waals surface area contributed by atoms with Crippen molar-refractivity contribution in [1.29, 1.82) is 0 Å². The Hall–Kier alpha value is -1.27. The molecule has 0 saturated heterocycles. The molecule has 0 fully saturated rings. The number of benzene rings is 1. The first-order valence-corrected chi connectivity index (χ1v) is 5.43. The van der Waals surface area contributed by atoms with Gasteiger partial charge in [0.25, 0.3) is 0 Å². The molecule has 0 spiro atoms. The Kier molecular flexibility index (Phi) is 4.59. The zero-order chi connectivity index (χ0) is 13.9. The van der Waals surface area contributed by atoms with Gasteiger partial charge in [-0.25, -0.2) is 5.43 Å². The summed E-state index contributed by atoms with van der Waals surface area (Å²) in [7, 11) is 1.51. The Bertz CT molecular complexity index is 448. The van der Waals surface area contributed by atoms with Crippen LogP contribution in [0.25, 0.3) is 0 Å². The van der Waals surface area contributed by atoms with Gasteiger partial charge in [0, 0.05) is 25.5 Å². The maximum Gasteiger partial charge on any atom is 0.416 e. The van der Waals surface area contributed by atoms with E-state index in [2.05, 4.69) is 5.43 Å². The smallest absolute Gasteiger partial charge is 0.281 e. The van der Waals surface area contributed by atoms with Gasteiger partial charge >= 0.3 is 6.18 Å². The van der Waals surface area contributed by atoms with E-state index < -0.39 is 11.7 Å². The number of amides is 1.